The lowest BCUT2D eigenvalue weighted by molar-refractivity contribution is -0.132. The Morgan fingerprint density at radius 3 is 2.38 bits per heavy atom. The van der Waals surface area contributed by atoms with Crippen molar-refractivity contribution in [3.8, 4) is 0 Å². The maximum atomic E-state index is 12.7. The molecule has 1 amide bonds. The van der Waals surface area contributed by atoms with Gasteiger partial charge in [0.2, 0.25) is 5.91 Å². The molecule has 1 unspecified atom stereocenters. The maximum Gasteiger partial charge on any atom is 0.231 e. The van der Waals surface area contributed by atoms with Crippen molar-refractivity contribution < 1.29 is 4.79 Å². The number of hydrogen-bond acceptors (Lipinski definition) is 2. The third kappa shape index (κ3) is 3.78. The summed E-state index contributed by atoms with van der Waals surface area (Å²) in [7, 11) is 0. The summed E-state index contributed by atoms with van der Waals surface area (Å²) < 4.78 is 0. The number of amides is 1. The predicted octanol–water partition coefficient (Wildman–Crippen LogP) is 3.19. The summed E-state index contributed by atoms with van der Waals surface area (Å²) in [5.74, 6) is 0.00295. The Labute approximate surface area is 134 Å². The molecule has 21 heavy (non-hydrogen) atoms. The molecule has 1 fully saturated rings. The summed E-state index contributed by atoms with van der Waals surface area (Å²) in [5, 5.41) is 0. The average Bonchev–Trinajstić information content (AvgIpc) is 2.94. The van der Waals surface area contributed by atoms with Gasteiger partial charge >= 0.3 is 0 Å². The van der Waals surface area contributed by atoms with Gasteiger partial charge in [0.1, 0.15) is 0 Å². The van der Waals surface area contributed by atoms with Gasteiger partial charge in [0, 0.05) is 19.6 Å². The number of halogens is 1. The minimum Gasteiger partial charge on any atom is -0.342 e. The topological polar surface area (TPSA) is 46.3 Å². The van der Waals surface area contributed by atoms with Gasteiger partial charge in [-0.2, -0.15) is 0 Å². The van der Waals surface area contributed by atoms with Crippen molar-refractivity contribution in [2.75, 3.05) is 19.6 Å². The fourth-order valence-electron chi connectivity index (χ4n) is 3.24. The molecule has 1 aliphatic heterocycles. The highest BCUT2D eigenvalue weighted by Gasteiger charge is 2.38. The summed E-state index contributed by atoms with van der Waals surface area (Å²) >= 11 is 0. The van der Waals surface area contributed by atoms with Crippen LogP contribution in [0.3, 0.4) is 0 Å². The first-order valence-electron chi connectivity index (χ1n) is 7.69. The Hall–Kier alpha value is -1.06. The number of benzene rings is 1. The highest BCUT2D eigenvalue weighted by molar-refractivity contribution is 5.85. The molecule has 0 bridgehead atoms. The first-order valence-corrected chi connectivity index (χ1v) is 7.69. The molecule has 1 aliphatic rings. The highest BCUT2D eigenvalue weighted by atomic mass is 35.5. The van der Waals surface area contributed by atoms with Gasteiger partial charge in [0.15, 0.2) is 0 Å². The fourth-order valence-corrected chi connectivity index (χ4v) is 3.24. The second kappa shape index (κ2) is 7.81. The molecule has 3 nitrogen and oxygen atoms in total. The number of hydrogen-bond donors (Lipinski definition) is 1. The predicted molar refractivity (Wildman–Crippen MR) is 89.7 cm³/mol. The Morgan fingerprint density at radius 2 is 1.90 bits per heavy atom. The molecule has 1 atom stereocenters. The number of likely N-dealkylation sites (tertiary alicyclic amines) is 1. The van der Waals surface area contributed by atoms with Gasteiger partial charge < -0.3 is 10.6 Å². The second-order valence-corrected chi connectivity index (χ2v) is 5.92. The molecule has 1 saturated heterocycles. The van der Waals surface area contributed by atoms with Crippen LogP contribution in [0.4, 0.5) is 0 Å². The molecule has 1 aromatic rings. The van der Waals surface area contributed by atoms with Crippen LogP contribution >= 0.6 is 12.4 Å². The molecule has 0 aromatic heterocycles. The molecule has 0 radical (unpaired) electrons. The number of carbonyl (C=O) groups is 1. The molecular weight excluding hydrogens is 284 g/mol. The van der Waals surface area contributed by atoms with E-state index in [0.29, 0.717) is 12.0 Å². The highest BCUT2D eigenvalue weighted by Crippen LogP contribution is 2.38. The van der Waals surface area contributed by atoms with E-state index < -0.39 is 0 Å². The standard InChI is InChI=1S/C17H26N2O.ClH/c1-3-17(4-2)10-11-19(13-17)16(20)15(12-18)14-8-6-5-7-9-14;/h5-9,15H,3-4,10-13,18H2,1-2H3;1H. The van der Waals surface area contributed by atoms with Crippen LogP contribution in [-0.4, -0.2) is 30.4 Å². The van der Waals surface area contributed by atoms with Gasteiger partial charge in [-0.1, -0.05) is 44.2 Å². The van der Waals surface area contributed by atoms with E-state index in [1.807, 2.05) is 35.2 Å². The molecule has 0 spiro atoms. The normalized spacial score (nSPS) is 18.1. The van der Waals surface area contributed by atoms with E-state index in [2.05, 4.69) is 13.8 Å². The van der Waals surface area contributed by atoms with Crippen LogP contribution in [0.25, 0.3) is 0 Å². The summed E-state index contributed by atoms with van der Waals surface area (Å²) in [5.41, 5.74) is 7.22. The van der Waals surface area contributed by atoms with E-state index in [4.69, 9.17) is 5.73 Å². The summed E-state index contributed by atoms with van der Waals surface area (Å²) in [4.78, 5) is 14.8. The van der Waals surface area contributed by atoms with Gasteiger partial charge in [0.05, 0.1) is 5.92 Å². The monoisotopic (exact) mass is 310 g/mol. The smallest absolute Gasteiger partial charge is 0.231 e. The van der Waals surface area contributed by atoms with E-state index >= 15 is 0 Å². The van der Waals surface area contributed by atoms with Crippen molar-refractivity contribution >= 4 is 18.3 Å². The van der Waals surface area contributed by atoms with Crippen LogP contribution in [0.2, 0.25) is 0 Å². The van der Waals surface area contributed by atoms with E-state index in [-0.39, 0.29) is 24.2 Å². The Morgan fingerprint density at radius 1 is 1.29 bits per heavy atom. The zero-order valence-electron chi connectivity index (χ0n) is 13.0. The van der Waals surface area contributed by atoms with E-state index in [1.165, 1.54) is 0 Å². The molecule has 2 N–H and O–H groups in total. The zero-order chi connectivity index (χ0) is 14.6. The summed E-state index contributed by atoms with van der Waals surface area (Å²) in [6, 6.07) is 9.91. The SMILES string of the molecule is CCC1(CC)CCN(C(=O)C(CN)c2ccccc2)C1.Cl. The van der Waals surface area contributed by atoms with Gasteiger partial charge in [-0.25, -0.2) is 0 Å². The van der Waals surface area contributed by atoms with Crippen molar-refractivity contribution in [3.63, 3.8) is 0 Å². The van der Waals surface area contributed by atoms with Crippen molar-refractivity contribution in [1.29, 1.82) is 0 Å². The Balaban J connectivity index is 0.00000220. The van der Waals surface area contributed by atoms with Crippen LogP contribution in [0.5, 0.6) is 0 Å². The van der Waals surface area contributed by atoms with E-state index in [1.54, 1.807) is 0 Å². The molecule has 2 rings (SSSR count). The van der Waals surface area contributed by atoms with Crippen molar-refractivity contribution in [2.45, 2.75) is 39.0 Å². The number of carbonyl (C=O) groups excluding carboxylic acids is 1. The maximum absolute atomic E-state index is 12.7. The van der Waals surface area contributed by atoms with Gasteiger partial charge in [-0.3, -0.25) is 4.79 Å². The Bertz CT molecular complexity index is 445. The molecule has 0 aliphatic carbocycles. The van der Waals surface area contributed by atoms with Crippen molar-refractivity contribution in [2.24, 2.45) is 11.1 Å². The molecular formula is C17H27ClN2O. The van der Waals surface area contributed by atoms with Crippen molar-refractivity contribution in [3.05, 3.63) is 35.9 Å². The lowest BCUT2D eigenvalue weighted by Gasteiger charge is -2.28. The average molecular weight is 311 g/mol. The lowest BCUT2D eigenvalue weighted by atomic mass is 9.82. The molecule has 4 heteroatoms. The molecule has 1 heterocycles. The lowest BCUT2D eigenvalue weighted by Crippen LogP contribution is -2.37. The third-order valence-corrected chi connectivity index (χ3v) is 4.99. The Kier molecular flexibility index (Phi) is 6.69. The summed E-state index contributed by atoms with van der Waals surface area (Å²) in [6.07, 6.45) is 3.41. The summed E-state index contributed by atoms with van der Waals surface area (Å²) in [6.45, 7) is 6.61. The van der Waals surface area contributed by atoms with Crippen LogP contribution < -0.4 is 5.73 Å². The molecule has 0 saturated carbocycles. The number of rotatable bonds is 5. The quantitative estimate of drug-likeness (QED) is 0.908. The first kappa shape index (κ1) is 18.0. The van der Waals surface area contributed by atoms with Crippen LogP contribution in [0.1, 0.15) is 44.6 Å². The zero-order valence-corrected chi connectivity index (χ0v) is 13.9. The van der Waals surface area contributed by atoms with E-state index in [9.17, 15) is 4.79 Å². The third-order valence-electron chi connectivity index (χ3n) is 4.99. The second-order valence-electron chi connectivity index (χ2n) is 5.92. The minimum atomic E-state index is -0.194. The molecule has 118 valence electrons. The van der Waals surface area contributed by atoms with Crippen molar-refractivity contribution in [1.82, 2.24) is 4.90 Å². The minimum absolute atomic E-state index is 0. The largest absolute Gasteiger partial charge is 0.342 e. The number of nitrogens with two attached hydrogens (primary N) is 1. The van der Waals surface area contributed by atoms with Gasteiger partial charge in [0.25, 0.3) is 0 Å². The van der Waals surface area contributed by atoms with Crippen LogP contribution in [0, 0.1) is 5.41 Å². The van der Waals surface area contributed by atoms with Crippen LogP contribution in [0.15, 0.2) is 30.3 Å². The number of nitrogens with zero attached hydrogens (tertiary/aromatic N) is 1. The van der Waals surface area contributed by atoms with Gasteiger partial charge in [-0.15, -0.1) is 12.4 Å². The fraction of sp³-hybridized carbons (Fsp3) is 0.588. The molecule has 1 aromatic carbocycles. The van der Waals surface area contributed by atoms with Crippen LogP contribution in [-0.2, 0) is 4.79 Å². The van der Waals surface area contributed by atoms with Gasteiger partial charge in [-0.05, 0) is 30.2 Å². The van der Waals surface area contributed by atoms with E-state index in [0.717, 1.165) is 37.9 Å². The first-order chi connectivity index (χ1) is 9.65.